The molecule has 1 aromatic carbocycles. The number of hydroxylamine groups is 1. The number of carbonyl (C=O) groups is 1. The summed E-state index contributed by atoms with van der Waals surface area (Å²) in [5, 5.41) is 36.8. The van der Waals surface area contributed by atoms with E-state index in [1.807, 2.05) is 0 Å². The SMILES string of the molecule is O=C(NCCSc1nonc1C(=Nc1ccc(F)c(C(F)F)c1)NO)C(O)CO. The number of aliphatic hydroxyl groups is 2. The Morgan fingerprint density at radius 3 is 2.76 bits per heavy atom. The molecule has 0 fully saturated rings. The number of nitrogens with zero attached hydrogens (tertiary/aromatic N) is 3. The summed E-state index contributed by atoms with van der Waals surface area (Å²) >= 11 is 1.04. The van der Waals surface area contributed by atoms with Gasteiger partial charge < -0.3 is 15.5 Å². The Labute approximate surface area is 165 Å². The van der Waals surface area contributed by atoms with Crippen LogP contribution in [0.25, 0.3) is 0 Å². The lowest BCUT2D eigenvalue weighted by Gasteiger charge is -2.08. The predicted molar refractivity (Wildman–Crippen MR) is 93.6 cm³/mol. The zero-order chi connectivity index (χ0) is 21.4. The molecule has 1 heterocycles. The number of thioether (sulfide) groups is 1. The molecule has 0 bridgehead atoms. The fraction of sp³-hybridized carbons (Fsp3) is 0.333. The maximum absolute atomic E-state index is 13.4. The molecule has 0 aliphatic rings. The third kappa shape index (κ3) is 6.15. The molecule has 5 N–H and O–H groups in total. The normalized spacial score (nSPS) is 12.9. The average Bonchev–Trinajstić information content (AvgIpc) is 3.17. The molecule has 0 aliphatic carbocycles. The second-order valence-electron chi connectivity index (χ2n) is 5.33. The Morgan fingerprint density at radius 2 is 2.10 bits per heavy atom. The van der Waals surface area contributed by atoms with Crippen LogP contribution in [0.15, 0.2) is 32.8 Å². The van der Waals surface area contributed by atoms with Gasteiger partial charge in [0.1, 0.15) is 5.82 Å². The van der Waals surface area contributed by atoms with Crippen molar-refractivity contribution in [3.8, 4) is 0 Å². The highest BCUT2D eigenvalue weighted by molar-refractivity contribution is 7.99. The first-order valence-electron chi connectivity index (χ1n) is 7.96. The van der Waals surface area contributed by atoms with E-state index in [-0.39, 0.29) is 34.5 Å². The van der Waals surface area contributed by atoms with Crippen molar-refractivity contribution in [2.45, 2.75) is 17.6 Å². The van der Waals surface area contributed by atoms with E-state index in [9.17, 15) is 23.2 Å². The van der Waals surface area contributed by atoms with Crippen LogP contribution in [0.2, 0.25) is 0 Å². The first kappa shape index (κ1) is 22.6. The van der Waals surface area contributed by atoms with E-state index in [1.54, 1.807) is 5.48 Å². The molecular weight excluding hydrogens is 419 g/mol. The minimum atomic E-state index is -3.05. The fourth-order valence-electron chi connectivity index (χ4n) is 1.97. The average molecular weight is 435 g/mol. The molecule has 14 heteroatoms. The molecule has 0 saturated heterocycles. The Kier molecular flexibility index (Phi) is 8.38. The van der Waals surface area contributed by atoms with Crippen molar-refractivity contribution in [2.24, 2.45) is 4.99 Å². The number of nitrogens with one attached hydrogen (secondary N) is 2. The van der Waals surface area contributed by atoms with Gasteiger partial charge >= 0.3 is 0 Å². The van der Waals surface area contributed by atoms with Gasteiger partial charge in [0.05, 0.1) is 17.9 Å². The highest BCUT2D eigenvalue weighted by Gasteiger charge is 2.19. The Balaban J connectivity index is 2.10. The number of amides is 1. The van der Waals surface area contributed by atoms with Crippen molar-refractivity contribution in [3.63, 3.8) is 0 Å². The van der Waals surface area contributed by atoms with Gasteiger partial charge in [0.15, 0.2) is 22.7 Å². The van der Waals surface area contributed by atoms with Gasteiger partial charge in [-0.1, -0.05) is 11.8 Å². The first-order chi connectivity index (χ1) is 13.9. The van der Waals surface area contributed by atoms with Crippen molar-refractivity contribution in [1.82, 2.24) is 21.1 Å². The predicted octanol–water partition coefficient (Wildman–Crippen LogP) is 0.765. The van der Waals surface area contributed by atoms with Crippen LogP contribution in [0.1, 0.15) is 17.7 Å². The molecule has 0 radical (unpaired) electrons. The number of aliphatic hydroxyl groups excluding tert-OH is 2. The maximum Gasteiger partial charge on any atom is 0.266 e. The molecule has 1 unspecified atom stereocenters. The first-order valence-corrected chi connectivity index (χ1v) is 8.94. The number of alkyl halides is 2. The summed E-state index contributed by atoms with van der Waals surface area (Å²) in [5.74, 6) is -1.89. The molecule has 10 nitrogen and oxygen atoms in total. The van der Waals surface area contributed by atoms with E-state index in [0.717, 1.165) is 30.0 Å². The summed E-state index contributed by atoms with van der Waals surface area (Å²) in [6, 6.07) is 2.76. The molecule has 1 aromatic heterocycles. The van der Waals surface area contributed by atoms with Gasteiger partial charge in [-0.25, -0.2) is 22.8 Å². The van der Waals surface area contributed by atoms with Crippen molar-refractivity contribution in [2.75, 3.05) is 18.9 Å². The minimum Gasteiger partial charge on any atom is -0.393 e. The van der Waals surface area contributed by atoms with Gasteiger partial charge in [0, 0.05) is 12.3 Å². The number of carbonyl (C=O) groups excluding carboxylic acids is 1. The quantitative estimate of drug-likeness (QED) is 0.126. The maximum atomic E-state index is 13.4. The summed E-state index contributed by atoms with van der Waals surface area (Å²) in [6.45, 7) is -0.615. The number of hydrogen-bond acceptors (Lipinski definition) is 9. The van der Waals surface area contributed by atoms with Crippen LogP contribution in [0.4, 0.5) is 18.9 Å². The molecule has 0 spiro atoms. The summed E-state index contributed by atoms with van der Waals surface area (Å²) < 4.78 is 43.6. The highest BCUT2D eigenvalue weighted by atomic mass is 32.2. The summed E-state index contributed by atoms with van der Waals surface area (Å²) in [6.07, 6.45) is -4.58. The molecular formula is C15H16F3N5O5S. The number of hydrogen-bond donors (Lipinski definition) is 5. The van der Waals surface area contributed by atoms with Crippen molar-refractivity contribution >= 4 is 29.2 Å². The molecule has 158 valence electrons. The van der Waals surface area contributed by atoms with E-state index in [1.165, 1.54) is 0 Å². The monoisotopic (exact) mass is 435 g/mol. The lowest BCUT2D eigenvalue weighted by atomic mass is 10.2. The molecule has 2 aromatic rings. The van der Waals surface area contributed by atoms with Crippen LogP contribution in [0.5, 0.6) is 0 Å². The second-order valence-corrected chi connectivity index (χ2v) is 6.42. The third-order valence-corrected chi connectivity index (χ3v) is 4.31. The summed E-state index contributed by atoms with van der Waals surface area (Å²) in [4.78, 5) is 15.2. The Bertz CT molecular complexity index is 867. The lowest BCUT2D eigenvalue weighted by Crippen LogP contribution is -2.37. The fourth-order valence-corrected chi connectivity index (χ4v) is 2.72. The Morgan fingerprint density at radius 1 is 1.34 bits per heavy atom. The van der Waals surface area contributed by atoms with Gasteiger partial charge in [-0.3, -0.25) is 15.5 Å². The van der Waals surface area contributed by atoms with Crippen LogP contribution in [-0.2, 0) is 4.79 Å². The zero-order valence-corrected chi connectivity index (χ0v) is 15.4. The largest absolute Gasteiger partial charge is 0.393 e. The number of aliphatic imine (C=N–C) groups is 1. The van der Waals surface area contributed by atoms with Crippen LogP contribution >= 0.6 is 11.8 Å². The molecule has 0 saturated carbocycles. The van der Waals surface area contributed by atoms with Crippen LogP contribution < -0.4 is 10.8 Å². The topological polar surface area (TPSA) is 153 Å². The van der Waals surface area contributed by atoms with E-state index >= 15 is 0 Å². The Hall–Kier alpha value is -2.68. The number of benzene rings is 1. The van der Waals surface area contributed by atoms with E-state index in [0.29, 0.717) is 0 Å². The summed E-state index contributed by atoms with van der Waals surface area (Å²) in [7, 11) is 0. The minimum absolute atomic E-state index is 0.0536. The van der Waals surface area contributed by atoms with Gasteiger partial charge in [-0.05, 0) is 28.5 Å². The molecule has 0 aliphatic heterocycles. The van der Waals surface area contributed by atoms with E-state index < -0.39 is 36.4 Å². The van der Waals surface area contributed by atoms with Crippen molar-refractivity contribution < 1.29 is 38.0 Å². The van der Waals surface area contributed by atoms with Crippen LogP contribution in [0, 0.1) is 5.82 Å². The molecule has 1 amide bonds. The number of aromatic nitrogens is 2. The number of amidine groups is 1. The van der Waals surface area contributed by atoms with Crippen LogP contribution in [-0.4, -0.2) is 62.5 Å². The van der Waals surface area contributed by atoms with E-state index in [4.69, 9.17) is 10.2 Å². The second kappa shape index (κ2) is 10.8. The molecule has 29 heavy (non-hydrogen) atoms. The van der Waals surface area contributed by atoms with Gasteiger partial charge in [0.2, 0.25) is 0 Å². The van der Waals surface area contributed by atoms with Gasteiger partial charge in [0.25, 0.3) is 12.3 Å². The third-order valence-electron chi connectivity index (χ3n) is 3.36. The number of halogens is 3. The lowest BCUT2D eigenvalue weighted by molar-refractivity contribution is -0.131. The molecule has 2 rings (SSSR count). The zero-order valence-electron chi connectivity index (χ0n) is 14.5. The molecule has 1 atom stereocenters. The van der Waals surface area contributed by atoms with E-state index in [2.05, 4.69) is 25.3 Å². The standard InChI is InChI=1S/C15H16F3N5O5S/c16-9-2-1-7(5-8(9)12(17)18)20-13(21-27)11-15(23-28-22-11)29-4-3-19-14(26)10(25)6-24/h1-2,5,10,12,24-25,27H,3-4,6H2,(H,19,26)(H,20,21). The van der Waals surface area contributed by atoms with Gasteiger partial charge in [-0.15, -0.1) is 0 Å². The van der Waals surface area contributed by atoms with Crippen molar-refractivity contribution in [3.05, 3.63) is 35.3 Å². The van der Waals surface area contributed by atoms with Crippen LogP contribution in [0.3, 0.4) is 0 Å². The smallest absolute Gasteiger partial charge is 0.266 e. The van der Waals surface area contributed by atoms with Crippen molar-refractivity contribution in [1.29, 1.82) is 0 Å². The highest BCUT2D eigenvalue weighted by Crippen LogP contribution is 2.27. The van der Waals surface area contributed by atoms with Gasteiger partial charge in [-0.2, -0.15) is 0 Å². The number of rotatable bonds is 9. The summed E-state index contributed by atoms with van der Waals surface area (Å²) in [5.41, 5.74) is 0.766.